The van der Waals surface area contributed by atoms with Gasteiger partial charge in [0.05, 0.1) is 13.2 Å². The van der Waals surface area contributed by atoms with Crippen LogP contribution in [0.4, 0.5) is 4.79 Å². The first-order valence-corrected chi connectivity index (χ1v) is 6.96. The monoisotopic (exact) mass is 273 g/mol. The molecule has 1 fully saturated rings. The molecule has 0 unspecified atom stereocenters. The molecule has 0 radical (unpaired) electrons. The van der Waals surface area contributed by atoms with E-state index in [1.807, 2.05) is 20.8 Å². The maximum Gasteiger partial charge on any atom is 0.409 e. The molecule has 0 spiro atoms. The molecular weight excluding hydrogens is 246 g/mol. The molecule has 0 aromatic carbocycles. The topological polar surface area (TPSA) is 59.0 Å². The zero-order valence-electron chi connectivity index (χ0n) is 12.5. The quantitative estimate of drug-likeness (QED) is 0.752. The molecule has 0 heterocycles. The summed E-state index contributed by atoms with van der Waals surface area (Å²) in [4.78, 5) is 13.4. The minimum atomic E-state index is -0.295. The lowest BCUT2D eigenvalue weighted by Gasteiger charge is -2.36. The van der Waals surface area contributed by atoms with Crippen LogP contribution in [0, 0.1) is 5.92 Å². The average Bonchev–Trinajstić information content (AvgIpc) is 2.28. The molecule has 1 saturated carbocycles. The van der Waals surface area contributed by atoms with Crippen LogP contribution in [-0.4, -0.2) is 54.6 Å². The van der Waals surface area contributed by atoms with E-state index < -0.39 is 0 Å². The zero-order valence-corrected chi connectivity index (χ0v) is 12.5. The van der Waals surface area contributed by atoms with Gasteiger partial charge in [-0.3, -0.25) is 0 Å². The maximum atomic E-state index is 11.7. The second-order valence-corrected chi connectivity index (χ2v) is 6.16. The highest BCUT2D eigenvalue weighted by molar-refractivity contribution is 5.68. The Morgan fingerprint density at radius 1 is 1.37 bits per heavy atom. The zero-order chi connectivity index (χ0) is 14.5. The third kappa shape index (κ3) is 4.99. The molecule has 19 heavy (non-hydrogen) atoms. The van der Waals surface area contributed by atoms with E-state index in [4.69, 9.17) is 14.6 Å². The van der Waals surface area contributed by atoms with E-state index in [0.29, 0.717) is 25.2 Å². The van der Waals surface area contributed by atoms with Crippen molar-refractivity contribution in [2.45, 2.75) is 51.7 Å². The van der Waals surface area contributed by atoms with Crippen molar-refractivity contribution >= 4 is 6.09 Å². The summed E-state index contributed by atoms with van der Waals surface area (Å²) in [5.41, 5.74) is -0.244. The van der Waals surface area contributed by atoms with E-state index in [9.17, 15) is 4.79 Å². The predicted octanol–water partition coefficient (Wildman–Crippen LogP) is 2.03. The number of amides is 1. The number of methoxy groups -OCH3 is 1. The number of carbonyl (C=O) groups is 1. The molecule has 112 valence electrons. The molecule has 5 nitrogen and oxygen atoms in total. The van der Waals surface area contributed by atoms with Crippen LogP contribution in [0.5, 0.6) is 0 Å². The SMILES string of the molecule is COC(=O)N(CCCOC1CC(CO)C1)C(C)(C)C. The van der Waals surface area contributed by atoms with Gasteiger partial charge in [0.15, 0.2) is 0 Å². The van der Waals surface area contributed by atoms with E-state index in [1.165, 1.54) is 7.11 Å². The molecule has 5 heteroatoms. The number of ether oxygens (including phenoxy) is 2. The van der Waals surface area contributed by atoms with Crippen molar-refractivity contribution in [3.8, 4) is 0 Å². The molecule has 0 aromatic heterocycles. The second kappa shape index (κ2) is 7.10. The van der Waals surface area contributed by atoms with E-state index >= 15 is 0 Å². The summed E-state index contributed by atoms with van der Waals surface area (Å²) in [7, 11) is 1.40. The number of rotatable bonds is 6. The molecule has 1 aliphatic rings. The first kappa shape index (κ1) is 16.2. The number of hydrogen-bond donors (Lipinski definition) is 1. The van der Waals surface area contributed by atoms with Crippen LogP contribution >= 0.6 is 0 Å². The summed E-state index contributed by atoms with van der Waals surface area (Å²) in [5, 5.41) is 8.91. The highest BCUT2D eigenvalue weighted by Crippen LogP contribution is 2.29. The number of hydrogen-bond acceptors (Lipinski definition) is 4. The van der Waals surface area contributed by atoms with Gasteiger partial charge in [-0.05, 0) is 46.0 Å². The first-order valence-electron chi connectivity index (χ1n) is 6.96. The van der Waals surface area contributed by atoms with Crippen LogP contribution in [0.25, 0.3) is 0 Å². The van der Waals surface area contributed by atoms with Gasteiger partial charge in [0.25, 0.3) is 0 Å². The van der Waals surface area contributed by atoms with Gasteiger partial charge >= 0.3 is 6.09 Å². The molecule has 1 rings (SSSR count). The Morgan fingerprint density at radius 3 is 2.47 bits per heavy atom. The summed E-state index contributed by atoms with van der Waals surface area (Å²) in [6.45, 7) is 7.51. The van der Waals surface area contributed by atoms with Crippen molar-refractivity contribution in [2.75, 3.05) is 26.9 Å². The van der Waals surface area contributed by atoms with E-state index in [2.05, 4.69) is 0 Å². The molecule has 0 aliphatic heterocycles. The number of nitrogens with zero attached hydrogens (tertiary/aromatic N) is 1. The number of aliphatic hydroxyl groups is 1. The average molecular weight is 273 g/mol. The third-order valence-electron chi connectivity index (χ3n) is 3.54. The van der Waals surface area contributed by atoms with E-state index in [-0.39, 0.29) is 18.2 Å². The largest absolute Gasteiger partial charge is 0.453 e. The standard InChI is InChI=1S/C14H27NO4/c1-14(2,3)15(13(17)18-4)6-5-7-19-12-8-11(9-12)10-16/h11-12,16H,5-10H2,1-4H3. The fraction of sp³-hybridized carbons (Fsp3) is 0.929. The van der Waals surface area contributed by atoms with Crippen LogP contribution in [0.1, 0.15) is 40.0 Å². The summed E-state index contributed by atoms with van der Waals surface area (Å²) < 4.78 is 10.5. The lowest BCUT2D eigenvalue weighted by atomic mass is 9.83. The van der Waals surface area contributed by atoms with Gasteiger partial charge in [-0.25, -0.2) is 4.79 Å². The van der Waals surface area contributed by atoms with Crippen molar-refractivity contribution < 1.29 is 19.4 Å². The molecule has 0 atom stereocenters. The van der Waals surface area contributed by atoms with Crippen LogP contribution < -0.4 is 0 Å². The van der Waals surface area contributed by atoms with Crippen molar-refractivity contribution in [3.05, 3.63) is 0 Å². The fourth-order valence-electron chi connectivity index (χ4n) is 2.24. The van der Waals surface area contributed by atoms with Gasteiger partial charge in [-0.15, -0.1) is 0 Å². The molecule has 1 amide bonds. The smallest absolute Gasteiger partial charge is 0.409 e. The van der Waals surface area contributed by atoms with Gasteiger partial charge in [-0.1, -0.05) is 0 Å². The molecule has 1 N–H and O–H groups in total. The Balaban J connectivity index is 2.20. The summed E-state index contributed by atoms with van der Waals surface area (Å²) in [6.07, 6.45) is 2.70. The third-order valence-corrected chi connectivity index (χ3v) is 3.54. The van der Waals surface area contributed by atoms with Crippen molar-refractivity contribution in [1.29, 1.82) is 0 Å². The Labute approximate surface area is 115 Å². The lowest BCUT2D eigenvalue weighted by Crippen LogP contribution is -2.46. The van der Waals surface area contributed by atoms with Gasteiger partial charge in [0.2, 0.25) is 0 Å². The predicted molar refractivity (Wildman–Crippen MR) is 73.0 cm³/mol. The highest BCUT2D eigenvalue weighted by Gasteiger charge is 2.29. The Bertz CT molecular complexity index is 282. The Hall–Kier alpha value is -0.810. The van der Waals surface area contributed by atoms with Crippen LogP contribution in [0.15, 0.2) is 0 Å². The second-order valence-electron chi connectivity index (χ2n) is 6.16. The van der Waals surface area contributed by atoms with Gasteiger partial charge in [0, 0.05) is 25.3 Å². The van der Waals surface area contributed by atoms with Crippen LogP contribution in [0.2, 0.25) is 0 Å². The Morgan fingerprint density at radius 2 is 2.00 bits per heavy atom. The molecular formula is C14H27NO4. The van der Waals surface area contributed by atoms with E-state index in [1.54, 1.807) is 4.90 Å². The van der Waals surface area contributed by atoms with E-state index in [0.717, 1.165) is 19.3 Å². The number of aliphatic hydroxyl groups excluding tert-OH is 1. The van der Waals surface area contributed by atoms with Gasteiger partial charge in [-0.2, -0.15) is 0 Å². The van der Waals surface area contributed by atoms with Gasteiger partial charge < -0.3 is 19.5 Å². The normalized spacial score (nSPS) is 22.8. The lowest BCUT2D eigenvalue weighted by molar-refractivity contribution is -0.0477. The highest BCUT2D eigenvalue weighted by atomic mass is 16.5. The first-order chi connectivity index (χ1) is 8.88. The molecule has 0 bridgehead atoms. The minimum absolute atomic E-state index is 0.244. The van der Waals surface area contributed by atoms with Crippen LogP contribution in [0.3, 0.4) is 0 Å². The molecule has 0 aromatic rings. The van der Waals surface area contributed by atoms with Gasteiger partial charge in [0.1, 0.15) is 0 Å². The summed E-state index contributed by atoms with van der Waals surface area (Å²) >= 11 is 0. The molecule has 1 aliphatic carbocycles. The molecule has 0 saturated heterocycles. The summed E-state index contributed by atoms with van der Waals surface area (Å²) in [6, 6.07) is 0. The summed E-state index contributed by atoms with van der Waals surface area (Å²) in [5.74, 6) is 0.422. The van der Waals surface area contributed by atoms with Crippen molar-refractivity contribution in [2.24, 2.45) is 5.92 Å². The van der Waals surface area contributed by atoms with Crippen LogP contribution in [-0.2, 0) is 9.47 Å². The fourth-order valence-corrected chi connectivity index (χ4v) is 2.24. The number of carbonyl (C=O) groups excluding carboxylic acids is 1. The van der Waals surface area contributed by atoms with Crippen molar-refractivity contribution in [3.63, 3.8) is 0 Å². The maximum absolute atomic E-state index is 11.7. The Kier molecular flexibility index (Phi) is 6.07. The minimum Gasteiger partial charge on any atom is -0.453 e. The van der Waals surface area contributed by atoms with Crippen molar-refractivity contribution in [1.82, 2.24) is 4.90 Å².